The summed E-state index contributed by atoms with van der Waals surface area (Å²) in [6.45, 7) is 6.72. The molecule has 0 aliphatic carbocycles. The maximum atomic E-state index is 11.9. The molecule has 0 fully saturated rings. The van der Waals surface area contributed by atoms with Crippen LogP contribution in [-0.4, -0.2) is 10.9 Å². The number of rotatable bonds is 5. The number of carbonyl (C=O) groups excluding carboxylic acids is 1. The minimum Gasteiger partial charge on any atom is -0.362 e. The molecule has 3 nitrogen and oxygen atoms in total. The normalized spacial score (nSPS) is 10.6. The van der Waals surface area contributed by atoms with E-state index in [1.165, 1.54) is 11.1 Å². The fourth-order valence-electron chi connectivity index (χ4n) is 2.37. The highest BCUT2D eigenvalue weighted by molar-refractivity contribution is 5.76. The van der Waals surface area contributed by atoms with Crippen molar-refractivity contribution in [1.82, 2.24) is 10.3 Å². The molecule has 0 radical (unpaired) electrons. The van der Waals surface area contributed by atoms with Crippen LogP contribution in [0.15, 0.2) is 30.3 Å². The van der Waals surface area contributed by atoms with Crippen molar-refractivity contribution in [3.05, 3.63) is 58.4 Å². The van der Waals surface area contributed by atoms with Crippen LogP contribution in [0.1, 0.15) is 34.5 Å². The second-order valence-corrected chi connectivity index (χ2v) is 5.37. The lowest BCUT2D eigenvalue weighted by Crippen LogP contribution is -2.23. The van der Waals surface area contributed by atoms with Gasteiger partial charge in [-0.15, -0.1) is 0 Å². The van der Waals surface area contributed by atoms with Crippen molar-refractivity contribution >= 4 is 5.91 Å². The Morgan fingerprint density at radius 2 is 2.00 bits per heavy atom. The lowest BCUT2D eigenvalue weighted by atomic mass is 10.1. The number of carbonyl (C=O) groups is 1. The van der Waals surface area contributed by atoms with Crippen molar-refractivity contribution in [2.45, 2.75) is 40.2 Å². The Labute approximate surface area is 120 Å². The molecule has 0 bridgehead atoms. The van der Waals surface area contributed by atoms with E-state index in [2.05, 4.69) is 41.5 Å². The molecule has 1 aromatic heterocycles. The smallest absolute Gasteiger partial charge is 0.220 e. The third-order valence-corrected chi connectivity index (χ3v) is 3.46. The van der Waals surface area contributed by atoms with E-state index in [1.807, 2.05) is 19.9 Å². The van der Waals surface area contributed by atoms with Crippen LogP contribution < -0.4 is 5.32 Å². The van der Waals surface area contributed by atoms with Crippen LogP contribution in [0, 0.1) is 20.8 Å². The molecule has 0 unspecified atom stereocenters. The molecule has 1 amide bonds. The van der Waals surface area contributed by atoms with E-state index in [1.54, 1.807) is 0 Å². The molecule has 0 aliphatic heterocycles. The second kappa shape index (κ2) is 6.42. The first-order valence-corrected chi connectivity index (χ1v) is 7.02. The lowest BCUT2D eigenvalue weighted by molar-refractivity contribution is -0.121. The summed E-state index contributed by atoms with van der Waals surface area (Å²) in [6.07, 6.45) is 1.32. The predicted octanol–water partition coefficient (Wildman–Crippen LogP) is 3.19. The van der Waals surface area contributed by atoms with Gasteiger partial charge in [0.2, 0.25) is 5.91 Å². The monoisotopic (exact) mass is 270 g/mol. The summed E-state index contributed by atoms with van der Waals surface area (Å²) in [5.41, 5.74) is 5.87. The van der Waals surface area contributed by atoms with E-state index in [9.17, 15) is 4.79 Å². The Hall–Kier alpha value is -2.03. The van der Waals surface area contributed by atoms with Crippen LogP contribution in [0.4, 0.5) is 0 Å². The minimum absolute atomic E-state index is 0.102. The fraction of sp³-hybridized carbons (Fsp3) is 0.353. The van der Waals surface area contributed by atoms with E-state index in [0.717, 1.165) is 23.4 Å². The number of hydrogen-bond acceptors (Lipinski definition) is 1. The number of aromatic amines is 1. The summed E-state index contributed by atoms with van der Waals surface area (Å²) in [6, 6.07) is 10.4. The molecule has 1 aromatic carbocycles. The number of nitrogens with one attached hydrogen (secondary N) is 2. The highest BCUT2D eigenvalue weighted by atomic mass is 16.1. The van der Waals surface area contributed by atoms with Gasteiger partial charge in [-0.25, -0.2) is 0 Å². The van der Waals surface area contributed by atoms with Gasteiger partial charge in [0, 0.05) is 24.4 Å². The molecule has 2 rings (SSSR count). The van der Waals surface area contributed by atoms with Crippen molar-refractivity contribution in [3.8, 4) is 0 Å². The topological polar surface area (TPSA) is 44.9 Å². The standard InChI is InChI=1S/C17H22N2O/c1-12-5-4-6-15(9-12)7-8-17(20)18-11-16-10-13(2)19-14(16)3/h4-6,9-10,19H,7-8,11H2,1-3H3,(H,18,20). The zero-order chi connectivity index (χ0) is 14.5. The summed E-state index contributed by atoms with van der Waals surface area (Å²) in [5.74, 6) is 0.102. The molecule has 2 aromatic rings. The molecule has 0 atom stereocenters. The van der Waals surface area contributed by atoms with E-state index < -0.39 is 0 Å². The molecule has 0 spiro atoms. The van der Waals surface area contributed by atoms with Crippen LogP contribution in [0.2, 0.25) is 0 Å². The van der Waals surface area contributed by atoms with E-state index in [-0.39, 0.29) is 5.91 Å². The first-order valence-electron chi connectivity index (χ1n) is 7.02. The van der Waals surface area contributed by atoms with E-state index in [4.69, 9.17) is 0 Å². The summed E-state index contributed by atoms with van der Waals surface area (Å²) in [7, 11) is 0. The predicted molar refractivity (Wildman–Crippen MR) is 81.6 cm³/mol. The van der Waals surface area contributed by atoms with Gasteiger partial charge in [0.1, 0.15) is 0 Å². The maximum absolute atomic E-state index is 11.9. The largest absolute Gasteiger partial charge is 0.362 e. The van der Waals surface area contributed by atoms with Crippen LogP contribution in [0.5, 0.6) is 0 Å². The summed E-state index contributed by atoms with van der Waals surface area (Å²) in [4.78, 5) is 15.1. The molecule has 3 heteroatoms. The molecule has 1 heterocycles. The minimum atomic E-state index is 0.102. The van der Waals surface area contributed by atoms with Crippen molar-refractivity contribution in [2.75, 3.05) is 0 Å². The van der Waals surface area contributed by atoms with Crippen LogP contribution in [-0.2, 0) is 17.8 Å². The summed E-state index contributed by atoms with van der Waals surface area (Å²) < 4.78 is 0. The molecular formula is C17H22N2O. The first-order chi connectivity index (χ1) is 9.54. The second-order valence-electron chi connectivity index (χ2n) is 5.37. The number of benzene rings is 1. The van der Waals surface area contributed by atoms with Crippen molar-refractivity contribution in [1.29, 1.82) is 0 Å². The molecule has 0 saturated heterocycles. The third-order valence-electron chi connectivity index (χ3n) is 3.46. The van der Waals surface area contributed by atoms with Crippen molar-refractivity contribution in [2.24, 2.45) is 0 Å². The Kier molecular flexibility index (Phi) is 4.61. The van der Waals surface area contributed by atoms with Gasteiger partial charge in [0.25, 0.3) is 0 Å². The average molecular weight is 270 g/mol. The van der Waals surface area contributed by atoms with Gasteiger partial charge in [-0.3, -0.25) is 4.79 Å². The summed E-state index contributed by atoms with van der Waals surface area (Å²) >= 11 is 0. The van der Waals surface area contributed by atoms with Gasteiger partial charge < -0.3 is 10.3 Å². The van der Waals surface area contributed by atoms with Gasteiger partial charge in [0.05, 0.1) is 0 Å². The van der Waals surface area contributed by atoms with Crippen LogP contribution in [0.25, 0.3) is 0 Å². The van der Waals surface area contributed by atoms with Gasteiger partial charge in [-0.1, -0.05) is 29.8 Å². The number of H-pyrrole nitrogens is 1. The highest BCUT2D eigenvalue weighted by Gasteiger charge is 2.05. The Morgan fingerprint density at radius 3 is 2.65 bits per heavy atom. The molecule has 0 saturated carbocycles. The highest BCUT2D eigenvalue weighted by Crippen LogP contribution is 2.09. The zero-order valence-corrected chi connectivity index (χ0v) is 12.4. The molecule has 0 aliphatic rings. The molecule has 106 valence electrons. The first kappa shape index (κ1) is 14.4. The lowest BCUT2D eigenvalue weighted by Gasteiger charge is -2.05. The van der Waals surface area contributed by atoms with Crippen LogP contribution in [0.3, 0.4) is 0 Å². The Bertz CT molecular complexity index is 599. The fourth-order valence-corrected chi connectivity index (χ4v) is 2.37. The zero-order valence-electron chi connectivity index (χ0n) is 12.4. The van der Waals surface area contributed by atoms with Gasteiger partial charge in [-0.05, 0) is 44.4 Å². The molecular weight excluding hydrogens is 248 g/mol. The number of aryl methyl sites for hydroxylation is 4. The number of aromatic nitrogens is 1. The average Bonchev–Trinajstić information content (AvgIpc) is 2.72. The van der Waals surface area contributed by atoms with Gasteiger partial charge in [0.15, 0.2) is 0 Å². The van der Waals surface area contributed by atoms with E-state index >= 15 is 0 Å². The number of amides is 1. The summed E-state index contributed by atoms with van der Waals surface area (Å²) in [5, 5.41) is 2.98. The Balaban J connectivity index is 1.80. The van der Waals surface area contributed by atoms with Crippen LogP contribution >= 0.6 is 0 Å². The van der Waals surface area contributed by atoms with Gasteiger partial charge in [-0.2, -0.15) is 0 Å². The van der Waals surface area contributed by atoms with E-state index in [0.29, 0.717) is 13.0 Å². The Morgan fingerprint density at radius 1 is 1.20 bits per heavy atom. The SMILES string of the molecule is Cc1cccc(CCC(=O)NCc2cc(C)[nH]c2C)c1. The third kappa shape index (κ3) is 3.98. The molecule has 20 heavy (non-hydrogen) atoms. The number of hydrogen-bond donors (Lipinski definition) is 2. The quantitative estimate of drug-likeness (QED) is 0.861. The van der Waals surface area contributed by atoms with Crippen molar-refractivity contribution < 1.29 is 4.79 Å². The molecule has 2 N–H and O–H groups in total. The maximum Gasteiger partial charge on any atom is 0.220 e. The van der Waals surface area contributed by atoms with Crippen molar-refractivity contribution in [3.63, 3.8) is 0 Å². The van der Waals surface area contributed by atoms with Gasteiger partial charge >= 0.3 is 0 Å².